The summed E-state index contributed by atoms with van der Waals surface area (Å²) in [5.74, 6) is -0.907. The number of aromatic amines is 1. The lowest BCUT2D eigenvalue weighted by atomic mass is 10.2. The Morgan fingerprint density at radius 3 is 2.24 bits per heavy atom. The zero-order chi connectivity index (χ0) is 12.6. The third-order valence-corrected chi connectivity index (χ3v) is 2.94. The topological polar surface area (TPSA) is 28.7 Å². The van der Waals surface area contributed by atoms with Gasteiger partial charge < -0.3 is 4.98 Å². The molecule has 0 aliphatic rings. The Balaban J connectivity index is 2.65. The van der Waals surface area contributed by atoms with Crippen molar-refractivity contribution in [2.75, 3.05) is 0 Å². The Morgan fingerprint density at radius 2 is 1.71 bits per heavy atom. The molecular weight excluding hydrogens is 242 g/mol. The minimum absolute atomic E-state index is 0.344. The largest absolute Gasteiger partial charge is 0.343 e. The second-order valence-corrected chi connectivity index (χ2v) is 4.19. The van der Waals surface area contributed by atoms with Crippen molar-refractivity contribution in [2.24, 2.45) is 0 Å². The van der Waals surface area contributed by atoms with Gasteiger partial charge in [-0.2, -0.15) is 0 Å². The second kappa shape index (κ2) is 4.33. The van der Waals surface area contributed by atoms with E-state index in [0.29, 0.717) is 16.0 Å². The van der Waals surface area contributed by atoms with Gasteiger partial charge in [0.25, 0.3) is 0 Å². The molecule has 0 atom stereocenters. The minimum atomic E-state index is -0.639. The van der Waals surface area contributed by atoms with Gasteiger partial charge in [-0.3, -0.25) is 0 Å². The first kappa shape index (κ1) is 11.9. The minimum Gasteiger partial charge on any atom is -0.343 e. The van der Waals surface area contributed by atoms with Crippen molar-refractivity contribution in [2.45, 2.75) is 13.8 Å². The Hall–Kier alpha value is -1.62. The molecule has 0 aliphatic heterocycles. The van der Waals surface area contributed by atoms with Crippen LogP contribution in [0.4, 0.5) is 8.78 Å². The molecule has 88 valence electrons. The van der Waals surface area contributed by atoms with E-state index in [9.17, 15) is 8.78 Å². The maximum atomic E-state index is 13.1. The van der Waals surface area contributed by atoms with Gasteiger partial charge in [-0.05, 0) is 26.0 Å². The van der Waals surface area contributed by atoms with Crippen molar-refractivity contribution < 1.29 is 8.78 Å². The fourth-order valence-electron chi connectivity index (χ4n) is 1.47. The van der Waals surface area contributed by atoms with Gasteiger partial charge in [0, 0.05) is 22.9 Å². The van der Waals surface area contributed by atoms with Crippen LogP contribution in [-0.2, 0) is 0 Å². The van der Waals surface area contributed by atoms with Gasteiger partial charge in [-0.1, -0.05) is 12.2 Å². The first-order valence-electron chi connectivity index (χ1n) is 5.01. The number of benzene rings is 1. The summed E-state index contributed by atoms with van der Waals surface area (Å²) < 4.78 is 26.6. The first-order chi connectivity index (χ1) is 7.97. The zero-order valence-electron chi connectivity index (χ0n) is 9.34. The summed E-state index contributed by atoms with van der Waals surface area (Å²) in [5.41, 5.74) is 2.04. The number of halogens is 2. The number of nitrogens with one attached hydrogen (secondary N) is 1. The molecule has 2 nitrogen and oxygen atoms in total. The lowest BCUT2D eigenvalue weighted by Gasteiger charge is -2.06. The van der Waals surface area contributed by atoms with Gasteiger partial charge in [-0.25, -0.2) is 13.8 Å². The van der Waals surface area contributed by atoms with E-state index in [1.807, 2.05) is 13.8 Å². The molecule has 1 N–H and O–H groups in total. The molecule has 0 bridgehead atoms. The molecule has 0 radical (unpaired) electrons. The van der Waals surface area contributed by atoms with E-state index in [1.165, 1.54) is 12.1 Å². The average Bonchev–Trinajstić information content (AvgIpc) is 2.23. The molecule has 0 aliphatic carbocycles. The highest BCUT2D eigenvalue weighted by molar-refractivity contribution is 7.71. The van der Waals surface area contributed by atoms with Crippen LogP contribution in [-0.4, -0.2) is 9.97 Å². The molecule has 0 amide bonds. The van der Waals surface area contributed by atoms with Crippen LogP contribution in [0.2, 0.25) is 0 Å². The second-order valence-electron chi connectivity index (χ2n) is 3.80. The van der Waals surface area contributed by atoms with Crippen molar-refractivity contribution in [1.82, 2.24) is 9.97 Å². The molecule has 0 fully saturated rings. The van der Waals surface area contributed by atoms with E-state index in [0.717, 1.165) is 17.3 Å². The smallest absolute Gasteiger partial charge is 0.139 e. The van der Waals surface area contributed by atoms with Crippen molar-refractivity contribution >= 4 is 12.2 Å². The summed E-state index contributed by atoms with van der Waals surface area (Å²) >= 11 is 5.08. The van der Waals surface area contributed by atoms with Crippen molar-refractivity contribution in [3.05, 3.63) is 45.7 Å². The molecule has 5 heteroatoms. The van der Waals surface area contributed by atoms with Gasteiger partial charge in [-0.15, -0.1) is 0 Å². The SMILES string of the molecule is Cc1[nH]c(-c2cc(F)cc(F)c2)nc(=S)c1C. The number of rotatable bonds is 1. The molecule has 1 aromatic heterocycles. The lowest BCUT2D eigenvalue weighted by molar-refractivity contribution is 0.584. The van der Waals surface area contributed by atoms with Crippen LogP contribution in [0.3, 0.4) is 0 Å². The van der Waals surface area contributed by atoms with Gasteiger partial charge in [0.1, 0.15) is 22.1 Å². The van der Waals surface area contributed by atoms with E-state index in [-0.39, 0.29) is 0 Å². The lowest BCUT2D eigenvalue weighted by Crippen LogP contribution is -1.97. The van der Waals surface area contributed by atoms with Gasteiger partial charge >= 0.3 is 0 Å². The van der Waals surface area contributed by atoms with Crippen molar-refractivity contribution in [3.63, 3.8) is 0 Å². The van der Waals surface area contributed by atoms with Crippen molar-refractivity contribution in [1.29, 1.82) is 0 Å². The molecular formula is C12H10F2N2S. The molecule has 0 spiro atoms. The van der Waals surface area contributed by atoms with Crippen LogP contribution in [0.1, 0.15) is 11.3 Å². The maximum Gasteiger partial charge on any atom is 0.139 e. The Kier molecular flexibility index (Phi) is 3.02. The van der Waals surface area contributed by atoms with E-state index < -0.39 is 11.6 Å². The summed E-state index contributed by atoms with van der Waals surface area (Å²) in [6, 6.07) is 3.25. The Labute approximate surface area is 102 Å². The van der Waals surface area contributed by atoms with E-state index in [1.54, 1.807) is 0 Å². The van der Waals surface area contributed by atoms with Crippen LogP contribution < -0.4 is 0 Å². The number of nitrogens with zero attached hydrogens (tertiary/aromatic N) is 1. The van der Waals surface area contributed by atoms with Crippen LogP contribution in [0.15, 0.2) is 18.2 Å². The van der Waals surface area contributed by atoms with E-state index >= 15 is 0 Å². The van der Waals surface area contributed by atoms with Crippen LogP contribution in [0, 0.1) is 30.1 Å². The van der Waals surface area contributed by atoms with E-state index in [4.69, 9.17) is 12.2 Å². The van der Waals surface area contributed by atoms with Gasteiger partial charge in [0.2, 0.25) is 0 Å². The molecule has 2 aromatic rings. The molecule has 2 rings (SSSR count). The van der Waals surface area contributed by atoms with Gasteiger partial charge in [0.05, 0.1) is 0 Å². The highest BCUT2D eigenvalue weighted by Crippen LogP contribution is 2.19. The number of aromatic nitrogens is 2. The molecule has 0 unspecified atom stereocenters. The quantitative estimate of drug-likeness (QED) is 0.784. The fourth-order valence-corrected chi connectivity index (χ4v) is 1.72. The summed E-state index contributed by atoms with van der Waals surface area (Å²) in [5, 5.41) is 0. The van der Waals surface area contributed by atoms with Crippen LogP contribution in [0.5, 0.6) is 0 Å². The third-order valence-electron chi connectivity index (χ3n) is 2.54. The Morgan fingerprint density at radius 1 is 1.12 bits per heavy atom. The van der Waals surface area contributed by atoms with Crippen LogP contribution >= 0.6 is 12.2 Å². The highest BCUT2D eigenvalue weighted by Gasteiger charge is 2.07. The predicted molar refractivity (Wildman–Crippen MR) is 64.2 cm³/mol. The number of aryl methyl sites for hydroxylation is 1. The summed E-state index contributed by atoms with van der Waals surface area (Å²) in [6.45, 7) is 3.68. The van der Waals surface area contributed by atoms with Crippen molar-refractivity contribution in [3.8, 4) is 11.4 Å². The molecule has 0 saturated heterocycles. The molecule has 1 aromatic carbocycles. The number of hydrogen-bond acceptors (Lipinski definition) is 2. The van der Waals surface area contributed by atoms with E-state index in [2.05, 4.69) is 9.97 Å². The van der Waals surface area contributed by atoms with Gasteiger partial charge in [0.15, 0.2) is 0 Å². The zero-order valence-corrected chi connectivity index (χ0v) is 10.2. The molecule has 1 heterocycles. The third kappa shape index (κ3) is 2.39. The summed E-state index contributed by atoms with van der Waals surface area (Å²) in [6.07, 6.45) is 0. The molecule has 17 heavy (non-hydrogen) atoms. The highest BCUT2D eigenvalue weighted by atomic mass is 32.1. The standard InChI is InChI=1S/C12H10F2N2S/c1-6-7(2)15-11(16-12(6)17)8-3-9(13)5-10(14)4-8/h3-5H,1-2H3,(H,15,16,17). The monoisotopic (exact) mass is 252 g/mol. The maximum absolute atomic E-state index is 13.1. The summed E-state index contributed by atoms with van der Waals surface area (Å²) in [4.78, 5) is 7.09. The van der Waals surface area contributed by atoms with Crippen LogP contribution in [0.25, 0.3) is 11.4 Å². The average molecular weight is 252 g/mol. The predicted octanol–water partition coefficient (Wildman–Crippen LogP) is 3.70. The molecule has 0 saturated carbocycles. The number of H-pyrrole nitrogens is 1. The fraction of sp³-hybridized carbons (Fsp3) is 0.167. The Bertz CT molecular complexity index is 615. The first-order valence-corrected chi connectivity index (χ1v) is 5.42. The summed E-state index contributed by atoms with van der Waals surface area (Å²) in [7, 11) is 0. The normalized spacial score (nSPS) is 10.6. The number of hydrogen-bond donors (Lipinski definition) is 1.